The number of hydrogen-bond donors (Lipinski definition) is 1. The smallest absolute Gasteiger partial charge is 0.129 e. The van der Waals surface area contributed by atoms with Crippen LogP contribution in [0.5, 0.6) is 0 Å². The highest BCUT2D eigenvalue weighted by Crippen LogP contribution is 2.39. The fraction of sp³-hybridized carbons (Fsp3) is 0.565. The van der Waals surface area contributed by atoms with Gasteiger partial charge in [0, 0.05) is 13.1 Å². The van der Waals surface area contributed by atoms with Gasteiger partial charge in [0.2, 0.25) is 0 Å². The van der Waals surface area contributed by atoms with Crippen LogP contribution in [0.1, 0.15) is 42.8 Å². The zero-order valence-corrected chi connectivity index (χ0v) is 16.3. The van der Waals surface area contributed by atoms with Crippen LogP contribution in [0.3, 0.4) is 0 Å². The molecule has 4 rings (SSSR count). The molecule has 4 heteroatoms. The number of piperidine rings is 1. The van der Waals surface area contributed by atoms with E-state index in [0.717, 1.165) is 18.8 Å². The lowest BCUT2D eigenvalue weighted by molar-refractivity contribution is 0.0901. The van der Waals surface area contributed by atoms with Crippen LogP contribution >= 0.6 is 0 Å². The number of nitrogens with zero attached hydrogens (tertiary/aromatic N) is 2. The summed E-state index contributed by atoms with van der Waals surface area (Å²) in [6, 6.07) is 14.7. The van der Waals surface area contributed by atoms with E-state index in [1.54, 1.807) is 0 Å². The topological polar surface area (TPSA) is 39.9 Å². The largest absolute Gasteiger partial charge is 0.462 e. The average molecular weight is 369 g/mol. The minimum absolute atomic E-state index is 0.0120. The van der Waals surface area contributed by atoms with E-state index in [-0.39, 0.29) is 6.61 Å². The summed E-state index contributed by atoms with van der Waals surface area (Å²) in [5.41, 5.74) is 1.93. The maximum absolute atomic E-state index is 9.17. The molecule has 1 aromatic carbocycles. The Morgan fingerprint density at radius 2 is 1.74 bits per heavy atom. The second kappa shape index (κ2) is 8.59. The second-order valence-electron chi connectivity index (χ2n) is 8.46. The fourth-order valence-electron chi connectivity index (χ4n) is 4.96. The summed E-state index contributed by atoms with van der Waals surface area (Å²) in [7, 11) is 0. The van der Waals surface area contributed by atoms with Gasteiger partial charge in [-0.25, -0.2) is 0 Å². The Hall–Kier alpha value is -1.62. The zero-order valence-electron chi connectivity index (χ0n) is 16.3. The Bertz CT molecular complexity index is 714. The summed E-state index contributed by atoms with van der Waals surface area (Å²) in [5, 5.41) is 9.17. The third-order valence-corrected chi connectivity index (χ3v) is 6.29. The monoisotopic (exact) mass is 368 g/mol. The minimum Gasteiger partial charge on any atom is -0.462 e. The van der Waals surface area contributed by atoms with Crippen molar-refractivity contribution in [2.45, 2.75) is 45.3 Å². The number of aliphatic hydroxyl groups is 1. The number of benzene rings is 1. The molecule has 0 saturated carbocycles. The van der Waals surface area contributed by atoms with Gasteiger partial charge in [-0.05, 0) is 74.8 Å². The van der Waals surface area contributed by atoms with Crippen LogP contribution in [0, 0.1) is 5.41 Å². The summed E-state index contributed by atoms with van der Waals surface area (Å²) in [5.74, 6) is 1.65. The molecule has 27 heavy (non-hydrogen) atoms. The first-order chi connectivity index (χ1) is 13.2. The molecular weight excluding hydrogens is 336 g/mol. The maximum Gasteiger partial charge on any atom is 0.129 e. The van der Waals surface area contributed by atoms with Gasteiger partial charge in [-0.2, -0.15) is 0 Å². The van der Waals surface area contributed by atoms with E-state index >= 15 is 0 Å². The molecule has 0 bridgehead atoms. The van der Waals surface area contributed by atoms with Crippen molar-refractivity contribution >= 4 is 0 Å². The van der Waals surface area contributed by atoms with Crippen LogP contribution in [0.15, 0.2) is 46.9 Å². The van der Waals surface area contributed by atoms with Crippen LogP contribution in [0.4, 0.5) is 0 Å². The summed E-state index contributed by atoms with van der Waals surface area (Å²) >= 11 is 0. The molecule has 2 aromatic rings. The number of rotatable bonds is 7. The Kier molecular flexibility index (Phi) is 5.96. The van der Waals surface area contributed by atoms with Crippen LogP contribution in [0.25, 0.3) is 0 Å². The molecule has 2 aliphatic heterocycles. The summed E-state index contributed by atoms with van der Waals surface area (Å²) in [6.07, 6.45) is 6.42. The Balaban J connectivity index is 1.26. The first kappa shape index (κ1) is 18.7. The van der Waals surface area contributed by atoms with Crippen LogP contribution in [-0.2, 0) is 19.6 Å². The van der Waals surface area contributed by atoms with E-state index in [1.165, 1.54) is 63.8 Å². The predicted octanol–water partition coefficient (Wildman–Crippen LogP) is 3.69. The van der Waals surface area contributed by atoms with Gasteiger partial charge < -0.3 is 14.4 Å². The molecule has 2 aliphatic rings. The number of aryl methyl sites for hydroxylation is 1. The van der Waals surface area contributed by atoms with Crippen LogP contribution in [0.2, 0.25) is 0 Å². The van der Waals surface area contributed by atoms with Crippen LogP contribution in [-0.4, -0.2) is 47.6 Å². The van der Waals surface area contributed by atoms with Gasteiger partial charge in [0.1, 0.15) is 18.1 Å². The molecule has 146 valence electrons. The van der Waals surface area contributed by atoms with Crippen molar-refractivity contribution < 1.29 is 9.52 Å². The fourth-order valence-corrected chi connectivity index (χ4v) is 4.96. The number of aliphatic hydroxyl groups excluding tert-OH is 1. The highest BCUT2D eigenvalue weighted by Gasteiger charge is 2.41. The lowest BCUT2D eigenvalue weighted by atomic mass is 9.79. The van der Waals surface area contributed by atoms with Crippen molar-refractivity contribution in [2.75, 3.05) is 32.7 Å². The minimum atomic E-state index is -0.0120. The molecule has 1 spiro atoms. The highest BCUT2D eigenvalue weighted by molar-refractivity contribution is 5.14. The molecule has 1 N–H and O–H groups in total. The Labute approximate surface area is 162 Å². The zero-order chi connectivity index (χ0) is 18.5. The highest BCUT2D eigenvalue weighted by atomic mass is 16.4. The van der Waals surface area contributed by atoms with Crippen molar-refractivity contribution in [2.24, 2.45) is 5.41 Å². The van der Waals surface area contributed by atoms with E-state index in [2.05, 4.69) is 40.1 Å². The quantitative estimate of drug-likeness (QED) is 0.809. The van der Waals surface area contributed by atoms with Crippen molar-refractivity contribution in [3.8, 4) is 0 Å². The van der Waals surface area contributed by atoms with E-state index in [4.69, 9.17) is 4.42 Å². The van der Waals surface area contributed by atoms with Gasteiger partial charge in [0.05, 0.1) is 6.54 Å². The number of hydrogen-bond acceptors (Lipinski definition) is 4. The van der Waals surface area contributed by atoms with E-state index in [9.17, 15) is 5.11 Å². The van der Waals surface area contributed by atoms with Crippen molar-refractivity contribution in [3.63, 3.8) is 0 Å². The van der Waals surface area contributed by atoms with Gasteiger partial charge in [-0.3, -0.25) is 4.90 Å². The first-order valence-electron chi connectivity index (χ1n) is 10.4. The van der Waals surface area contributed by atoms with Crippen molar-refractivity contribution in [1.29, 1.82) is 0 Å². The van der Waals surface area contributed by atoms with E-state index in [0.29, 0.717) is 11.2 Å². The van der Waals surface area contributed by atoms with E-state index in [1.807, 2.05) is 12.1 Å². The molecule has 3 heterocycles. The third-order valence-electron chi connectivity index (χ3n) is 6.29. The standard InChI is InChI=1S/C23H32N2O2/c26-17-22-10-9-21(27-22)16-25-15-12-23(19-25)11-5-14-24(18-23)13-4-8-20-6-2-1-3-7-20/h1-3,6-7,9-10,26H,4-5,8,11-19H2. The average Bonchev–Trinajstić information content (AvgIpc) is 3.30. The number of likely N-dealkylation sites (tertiary alicyclic amines) is 2. The molecule has 0 amide bonds. The molecule has 2 saturated heterocycles. The van der Waals surface area contributed by atoms with Gasteiger partial charge in [0.15, 0.2) is 0 Å². The Morgan fingerprint density at radius 1 is 0.926 bits per heavy atom. The Morgan fingerprint density at radius 3 is 2.56 bits per heavy atom. The SMILES string of the molecule is OCc1ccc(CN2CCC3(CCCN(CCCc4ccccc4)C3)C2)o1. The van der Waals surface area contributed by atoms with E-state index < -0.39 is 0 Å². The van der Waals surface area contributed by atoms with Crippen molar-refractivity contribution in [3.05, 3.63) is 59.5 Å². The lowest BCUT2D eigenvalue weighted by Crippen LogP contribution is -2.45. The molecule has 0 radical (unpaired) electrons. The van der Waals surface area contributed by atoms with Gasteiger partial charge in [-0.1, -0.05) is 30.3 Å². The lowest BCUT2D eigenvalue weighted by Gasteiger charge is -2.40. The third kappa shape index (κ3) is 4.81. The normalized spacial score (nSPS) is 24.0. The number of furan rings is 1. The van der Waals surface area contributed by atoms with Gasteiger partial charge in [-0.15, -0.1) is 0 Å². The second-order valence-corrected chi connectivity index (χ2v) is 8.46. The summed E-state index contributed by atoms with van der Waals surface area (Å²) < 4.78 is 5.68. The molecule has 1 aromatic heterocycles. The van der Waals surface area contributed by atoms with Gasteiger partial charge in [0.25, 0.3) is 0 Å². The molecule has 1 unspecified atom stereocenters. The van der Waals surface area contributed by atoms with Crippen molar-refractivity contribution in [1.82, 2.24) is 9.80 Å². The first-order valence-corrected chi connectivity index (χ1v) is 10.4. The molecule has 4 nitrogen and oxygen atoms in total. The molecule has 0 aliphatic carbocycles. The molecular formula is C23H32N2O2. The summed E-state index contributed by atoms with van der Waals surface area (Å²) in [4.78, 5) is 5.24. The molecule has 1 atom stereocenters. The maximum atomic E-state index is 9.17. The predicted molar refractivity (Wildman–Crippen MR) is 107 cm³/mol. The van der Waals surface area contributed by atoms with Gasteiger partial charge >= 0.3 is 0 Å². The molecule has 2 fully saturated rings. The summed E-state index contributed by atoms with van der Waals surface area (Å²) in [6.45, 7) is 6.92. The van der Waals surface area contributed by atoms with Crippen LogP contribution < -0.4 is 0 Å².